The molecule has 0 saturated heterocycles. The number of hydrogen-bond donors (Lipinski definition) is 2. The number of anilines is 3. The van der Waals surface area contributed by atoms with Gasteiger partial charge in [0.2, 0.25) is 5.95 Å². The van der Waals surface area contributed by atoms with Crippen molar-refractivity contribution in [3.63, 3.8) is 0 Å². The summed E-state index contributed by atoms with van der Waals surface area (Å²) in [5.41, 5.74) is 2.87. The van der Waals surface area contributed by atoms with Crippen LogP contribution in [0.25, 0.3) is 11.3 Å². The minimum Gasteiger partial charge on any atom is -0.468 e. The maximum absolute atomic E-state index is 12.5. The summed E-state index contributed by atoms with van der Waals surface area (Å²) in [5.74, 6) is 0.655. The number of rotatable bonds is 13. The van der Waals surface area contributed by atoms with E-state index in [9.17, 15) is 9.59 Å². The van der Waals surface area contributed by atoms with Gasteiger partial charge in [0.05, 0.1) is 19.4 Å². The standard InChI is InChI=1S/C33H48N6O5S/c1-32(2,3)44-31(41)39(22-29(40)42-7)19-11-17-34-28-15-14-25(21-36-28)27-16-18-35-30(38-27)37-26-13-10-12-24(20-26)23-43-45(8,9)33(4,5)6/h10,12-16,18,20-21H,11,17,19,22-23H2,1-9H3,(H,34,36)(H,35,37,38). The van der Waals surface area contributed by atoms with E-state index in [4.69, 9.17) is 13.7 Å². The lowest BCUT2D eigenvalue weighted by atomic mass is 10.2. The van der Waals surface area contributed by atoms with Crippen LogP contribution in [0.1, 0.15) is 53.5 Å². The highest BCUT2D eigenvalue weighted by atomic mass is 32.3. The average Bonchev–Trinajstić information content (AvgIpc) is 2.96. The second kappa shape index (κ2) is 15.4. The molecule has 11 nitrogen and oxygen atoms in total. The lowest BCUT2D eigenvalue weighted by molar-refractivity contribution is -0.141. The second-order valence-electron chi connectivity index (χ2n) is 12.9. The smallest absolute Gasteiger partial charge is 0.410 e. The van der Waals surface area contributed by atoms with Crippen LogP contribution in [-0.2, 0) is 25.1 Å². The Morgan fingerprint density at radius 3 is 2.40 bits per heavy atom. The maximum atomic E-state index is 12.5. The van der Waals surface area contributed by atoms with Crippen LogP contribution in [0.4, 0.5) is 22.2 Å². The first-order valence-corrected chi connectivity index (χ1v) is 17.2. The van der Waals surface area contributed by atoms with Gasteiger partial charge >= 0.3 is 12.1 Å². The maximum Gasteiger partial charge on any atom is 0.410 e. The van der Waals surface area contributed by atoms with Gasteiger partial charge in [-0.1, -0.05) is 32.9 Å². The van der Waals surface area contributed by atoms with Crippen molar-refractivity contribution < 1.29 is 23.2 Å². The van der Waals surface area contributed by atoms with Gasteiger partial charge in [-0.15, -0.1) is 10.3 Å². The Morgan fingerprint density at radius 1 is 1.00 bits per heavy atom. The molecule has 2 heterocycles. The van der Waals surface area contributed by atoms with Crippen LogP contribution in [0.2, 0.25) is 0 Å². The number of carbonyl (C=O) groups excluding carboxylic acids is 2. The number of nitrogens with one attached hydrogen (secondary N) is 2. The van der Waals surface area contributed by atoms with Gasteiger partial charge in [-0.3, -0.25) is 9.69 Å². The molecule has 45 heavy (non-hydrogen) atoms. The zero-order chi connectivity index (χ0) is 33.3. The van der Waals surface area contributed by atoms with Gasteiger partial charge < -0.3 is 24.3 Å². The van der Waals surface area contributed by atoms with Crippen molar-refractivity contribution in [2.75, 3.05) is 49.9 Å². The predicted octanol–water partition coefficient (Wildman–Crippen LogP) is 6.79. The number of methoxy groups -OCH3 is 1. The quantitative estimate of drug-likeness (QED) is 0.152. The van der Waals surface area contributed by atoms with Crippen LogP contribution >= 0.6 is 10.3 Å². The van der Waals surface area contributed by atoms with Crippen LogP contribution in [0.15, 0.2) is 54.9 Å². The fraction of sp³-hybridized carbons (Fsp3) is 0.485. The van der Waals surface area contributed by atoms with E-state index in [0.29, 0.717) is 37.9 Å². The van der Waals surface area contributed by atoms with Gasteiger partial charge in [0.1, 0.15) is 18.0 Å². The number of carbonyl (C=O) groups is 2. The molecule has 12 heteroatoms. The Balaban J connectivity index is 1.56. The van der Waals surface area contributed by atoms with Gasteiger partial charge in [0.25, 0.3) is 0 Å². The Labute approximate surface area is 269 Å². The third-order valence-electron chi connectivity index (χ3n) is 7.00. The molecule has 0 aliphatic rings. The molecule has 0 unspecified atom stereocenters. The van der Waals surface area contributed by atoms with Crippen LogP contribution in [-0.4, -0.2) is 81.5 Å². The third kappa shape index (κ3) is 11.5. The molecule has 0 atom stereocenters. The largest absolute Gasteiger partial charge is 0.468 e. The topological polar surface area (TPSA) is 128 Å². The first-order chi connectivity index (χ1) is 21.1. The van der Waals surface area contributed by atoms with E-state index in [2.05, 4.69) is 71.0 Å². The molecule has 0 radical (unpaired) electrons. The van der Waals surface area contributed by atoms with E-state index >= 15 is 0 Å². The monoisotopic (exact) mass is 640 g/mol. The van der Waals surface area contributed by atoms with Crippen molar-refractivity contribution in [1.29, 1.82) is 0 Å². The Kier molecular flexibility index (Phi) is 12.2. The van der Waals surface area contributed by atoms with E-state index in [-0.39, 0.29) is 11.3 Å². The second-order valence-corrected chi connectivity index (χ2v) is 16.8. The summed E-state index contributed by atoms with van der Waals surface area (Å²) in [5, 5.41) is 6.55. The van der Waals surface area contributed by atoms with Crippen molar-refractivity contribution in [3.05, 3.63) is 60.4 Å². The number of aromatic nitrogens is 3. The Morgan fingerprint density at radius 2 is 1.76 bits per heavy atom. The van der Waals surface area contributed by atoms with Crippen molar-refractivity contribution in [3.8, 4) is 11.3 Å². The molecule has 246 valence electrons. The van der Waals surface area contributed by atoms with E-state index < -0.39 is 28.0 Å². The molecular formula is C33H48N6O5S. The first kappa shape index (κ1) is 35.6. The molecule has 0 fully saturated rings. The van der Waals surface area contributed by atoms with Crippen LogP contribution < -0.4 is 10.6 Å². The number of amides is 1. The van der Waals surface area contributed by atoms with Gasteiger partial charge in [0.15, 0.2) is 0 Å². The van der Waals surface area contributed by atoms with Crippen molar-refractivity contribution in [2.45, 2.75) is 64.9 Å². The minimum atomic E-state index is -1.22. The third-order valence-corrected chi connectivity index (χ3v) is 10.7. The molecular weight excluding hydrogens is 592 g/mol. The van der Waals surface area contributed by atoms with Crippen molar-refractivity contribution in [1.82, 2.24) is 19.9 Å². The Bertz CT molecular complexity index is 1420. The predicted molar refractivity (Wildman–Crippen MR) is 182 cm³/mol. The fourth-order valence-electron chi connectivity index (χ4n) is 3.76. The van der Waals surface area contributed by atoms with Crippen LogP contribution in [0.5, 0.6) is 0 Å². The average molecular weight is 641 g/mol. The highest BCUT2D eigenvalue weighted by Gasteiger charge is 2.28. The van der Waals surface area contributed by atoms with E-state index in [0.717, 1.165) is 22.5 Å². The van der Waals surface area contributed by atoms with Crippen LogP contribution in [0, 0.1) is 0 Å². The summed E-state index contributed by atoms with van der Waals surface area (Å²) < 4.78 is 16.6. The lowest BCUT2D eigenvalue weighted by Gasteiger charge is -2.43. The summed E-state index contributed by atoms with van der Waals surface area (Å²) in [6.45, 7) is 13.2. The van der Waals surface area contributed by atoms with Crippen molar-refractivity contribution >= 4 is 39.8 Å². The summed E-state index contributed by atoms with van der Waals surface area (Å²) in [6, 6.07) is 13.7. The molecule has 0 aliphatic heterocycles. The summed E-state index contributed by atoms with van der Waals surface area (Å²) >= 11 is 0. The molecule has 2 aromatic heterocycles. The number of ether oxygens (including phenoxy) is 2. The molecule has 3 rings (SSSR count). The minimum absolute atomic E-state index is 0.0955. The summed E-state index contributed by atoms with van der Waals surface area (Å²) in [6.07, 6.45) is 7.87. The zero-order valence-corrected chi connectivity index (χ0v) is 28.8. The Hall–Kier alpha value is -3.90. The highest BCUT2D eigenvalue weighted by molar-refractivity contribution is 8.29. The van der Waals surface area contributed by atoms with E-state index in [1.165, 1.54) is 12.0 Å². The van der Waals surface area contributed by atoms with E-state index in [1.807, 2.05) is 30.3 Å². The summed E-state index contributed by atoms with van der Waals surface area (Å²) in [7, 11) is 0.0677. The molecule has 0 spiro atoms. The molecule has 0 aliphatic carbocycles. The van der Waals surface area contributed by atoms with Gasteiger partial charge in [-0.05, 0) is 75.6 Å². The highest BCUT2D eigenvalue weighted by Crippen LogP contribution is 2.54. The molecule has 3 aromatic rings. The van der Waals surface area contributed by atoms with Gasteiger partial charge in [-0.2, -0.15) is 0 Å². The molecule has 1 aromatic carbocycles. The fourth-order valence-corrected chi connectivity index (χ4v) is 4.54. The normalized spacial score (nSPS) is 12.3. The number of pyridine rings is 1. The first-order valence-electron chi connectivity index (χ1n) is 14.9. The summed E-state index contributed by atoms with van der Waals surface area (Å²) in [4.78, 5) is 39.2. The van der Waals surface area contributed by atoms with Crippen LogP contribution in [0.3, 0.4) is 0 Å². The van der Waals surface area contributed by atoms with E-state index in [1.54, 1.807) is 33.2 Å². The van der Waals surface area contributed by atoms with Crippen molar-refractivity contribution in [2.24, 2.45) is 0 Å². The zero-order valence-electron chi connectivity index (χ0n) is 28.0. The molecule has 0 bridgehead atoms. The SMILES string of the molecule is COC(=O)CN(CCCNc1ccc(-c2ccnc(Nc3cccc(COS(C)(C)C(C)(C)C)c3)n2)cn1)C(=O)OC(C)(C)C. The number of benzene rings is 1. The number of nitrogens with zero attached hydrogens (tertiary/aromatic N) is 4. The molecule has 2 N–H and O–H groups in total. The number of hydrogen-bond acceptors (Lipinski definition) is 10. The lowest BCUT2D eigenvalue weighted by Crippen LogP contribution is -2.41. The van der Waals surface area contributed by atoms with Gasteiger partial charge in [0, 0.05) is 41.5 Å². The van der Waals surface area contributed by atoms with Gasteiger partial charge in [-0.25, -0.2) is 19.7 Å². The number of esters is 1. The molecule has 0 saturated carbocycles. The molecule has 1 amide bonds.